The average molecular weight is 440 g/mol. The first-order valence-electron chi connectivity index (χ1n) is 6.98. The van der Waals surface area contributed by atoms with Gasteiger partial charge in [-0.3, -0.25) is 0 Å². The predicted octanol–water partition coefficient (Wildman–Crippen LogP) is 4.11. The number of rotatable bonds is 3. The van der Waals surface area contributed by atoms with Gasteiger partial charge in [0.25, 0.3) is 0 Å². The van der Waals surface area contributed by atoms with Crippen LogP contribution in [0.25, 0.3) is 10.9 Å². The fourth-order valence-electron chi connectivity index (χ4n) is 2.54. The van der Waals surface area contributed by atoms with E-state index >= 15 is 0 Å². The third-order valence-corrected chi connectivity index (χ3v) is 4.45. The van der Waals surface area contributed by atoms with Gasteiger partial charge >= 0.3 is 5.97 Å². The molecule has 0 aliphatic rings. The normalized spacial score (nSPS) is 11.0. The SMILES string of the molecule is Cc1ncnc2c(F)c(Cc3ccc(I)cc3F)c(C(=O)O)cc12. The summed E-state index contributed by atoms with van der Waals surface area (Å²) in [6.45, 7) is 1.65. The molecule has 0 unspecified atom stereocenters. The van der Waals surface area contributed by atoms with E-state index in [2.05, 4.69) is 9.97 Å². The van der Waals surface area contributed by atoms with Crippen molar-refractivity contribution in [2.45, 2.75) is 13.3 Å². The first-order chi connectivity index (χ1) is 11.4. The Hall–Kier alpha value is -2.16. The van der Waals surface area contributed by atoms with Crippen molar-refractivity contribution in [2.24, 2.45) is 0 Å². The summed E-state index contributed by atoms with van der Waals surface area (Å²) in [5, 5.41) is 9.76. The van der Waals surface area contributed by atoms with Crippen LogP contribution in [-0.4, -0.2) is 21.0 Å². The van der Waals surface area contributed by atoms with E-state index in [0.717, 1.165) is 0 Å². The number of carboxylic acid groups (broad SMARTS) is 1. The summed E-state index contributed by atoms with van der Waals surface area (Å²) in [6, 6.07) is 5.87. The molecule has 1 aromatic heterocycles. The van der Waals surface area contributed by atoms with Crippen LogP contribution < -0.4 is 0 Å². The van der Waals surface area contributed by atoms with Crippen molar-refractivity contribution in [3.8, 4) is 0 Å². The summed E-state index contributed by atoms with van der Waals surface area (Å²) in [5.41, 5.74) is 0.438. The smallest absolute Gasteiger partial charge is 0.336 e. The summed E-state index contributed by atoms with van der Waals surface area (Å²) < 4.78 is 29.7. The quantitative estimate of drug-likeness (QED) is 0.623. The first-order valence-corrected chi connectivity index (χ1v) is 8.06. The van der Waals surface area contributed by atoms with Crippen molar-refractivity contribution in [1.82, 2.24) is 9.97 Å². The van der Waals surface area contributed by atoms with E-state index in [0.29, 0.717) is 14.7 Å². The number of nitrogens with zero attached hydrogens (tertiary/aromatic N) is 2. The average Bonchev–Trinajstić information content (AvgIpc) is 2.52. The molecule has 4 nitrogen and oxygen atoms in total. The van der Waals surface area contributed by atoms with Gasteiger partial charge in [-0.1, -0.05) is 6.07 Å². The molecule has 0 radical (unpaired) electrons. The van der Waals surface area contributed by atoms with Gasteiger partial charge < -0.3 is 5.11 Å². The second-order valence-corrected chi connectivity index (χ2v) is 6.54. The standard InChI is InChI=1S/C17H11F2IN2O2/c1-8-11-6-13(17(23)24)12(15(19)16(11)22-7-21-8)4-9-2-3-10(20)5-14(9)18/h2-3,5-7H,4H2,1H3,(H,23,24). The maximum atomic E-state index is 14.9. The minimum absolute atomic E-state index is 0.0356. The third-order valence-electron chi connectivity index (χ3n) is 3.78. The van der Waals surface area contributed by atoms with E-state index in [1.807, 2.05) is 22.6 Å². The zero-order valence-electron chi connectivity index (χ0n) is 12.5. The van der Waals surface area contributed by atoms with Crippen LogP contribution in [0.1, 0.15) is 27.2 Å². The van der Waals surface area contributed by atoms with E-state index < -0.39 is 17.6 Å². The van der Waals surface area contributed by atoms with Gasteiger partial charge in [0, 0.05) is 26.6 Å². The zero-order valence-corrected chi connectivity index (χ0v) is 14.6. The summed E-state index contributed by atoms with van der Waals surface area (Å²) in [5.74, 6) is -2.54. The molecule has 0 spiro atoms. The lowest BCUT2D eigenvalue weighted by molar-refractivity contribution is 0.0695. The number of fused-ring (bicyclic) bond motifs is 1. The molecule has 2 aromatic carbocycles. The number of aryl methyl sites for hydroxylation is 1. The lowest BCUT2D eigenvalue weighted by Crippen LogP contribution is -2.09. The molecule has 0 fully saturated rings. The number of aromatic carboxylic acids is 1. The largest absolute Gasteiger partial charge is 0.478 e. The Bertz CT molecular complexity index is 976. The fraction of sp³-hybridized carbons (Fsp3) is 0.118. The number of carbonyl (C=O) groups is 1. The molecule has 122 valence electrons. The van der Waals surface area contributed by atoms with Crippen molar-refractivity contribution < 1.29 is 18.7 Å². The summed E-state index contributed by atoms with van der Waals surface area (Å²) in [4.78, 5) is 19.4. The van der Waals surface area contributed by atoms with Gasteiger partial charge in [-0.05, 0) is 53.3 Å². The van der Waals surface area contributed by atoms with E-state index in [9.17, 15) is 18.7 Å². The number of hydrogen-bond donors (Lipinski definition) is 1. The zero-order chi connectivity index (χ0) is 17.4. The predicted molar refractivity (Wildman–Crippen MR) is 93.1 cm³/mol. The minimum Gasteiger partial charge on any atom is -0.478 e. The van der Waals surface area contributed by atoms with Crippen LogP contribution in [0.3, 0.4) is 0 Å². The van der Waals surface area contributed by atoms with Crippen LogP contribution in [0.2, 0.25) is 0 Å². The van der Waals surface area contributed by atoms with Crippen LogP contribution in [-0.2, 0) is 6.42 Å². The van der Waals surface area contributed by atoms with Crippen LogP contribution >= 0.6 is 22.6 Å². The molecule has 0 saturated carbocycles. The Balaban J connectivity index is 2.24. The Morgan fingerprint density at radius 1 is 1.25 bits per heavy atom. The van der Waals surface area contributed by atoms with Crippen molar-refractivity contribution in [1.29, 1.82) is 0 Å². The molecule has 0 aliphatic heterocycles. The van der Waals surface area contributed by atoms with Gasteiger partial charge in [-0.25, -0.2) is 23.5 Å². The van der Waals surface area contributed by atoms with Gasteiger partial charge in [0.15, 0.2) is 5.82 Å². The van der Waals surface area contributed by atoms with Crippen LogP contribution in [0, 0.1) is 22.1 Å². The molecule has 3 rings (SSSR count). The molecule has 1 N–H and O–H groups in total. The van der Waals surface area contributed by atoms with Crippen LogP contribution in [0.15, 0.2) is 30.6 Å². The molecule has 0 saturated heterocycles. The third kappa shape index (κ3) is 2.95. The van der Waals surface area contributed by atoms with Crippen molar-refractivity contribution in [3.05, 3.63) is 68.2 Å². The van der Waals surface area contributed by atoms with Crippen LogP contribution in [0.5, 0.6) is 0 Å². The molecule has 1 heterocycles. The van der Waals surface area contributed by atoms with Gasteiger partial charge in [0.2, 0.25) is 0 Å². The van der Waals surface area contributed by atoms with E-state index in [-0.39, 0.29) is 28.6 Å². The first kappa shape index (κ1) is 16.7. The lowest BCUT2D eigenvalue weighted by Gasteiger charge is -2.12. The molecule has 24 heavy (non-hydrogen) atoms. The van der Waals surface area contributed by atoms with Crippen molar-refractivity contribution >= 4 is 39.5 Å². The number of aromatic nitrogens is 2. The van der Waals surface area contributed by atoms with Gasteiger partial charge in [-0.2, -0.15) is 0 Å². The second-order valence-electron chi connectivity index (χ2n) is 5.29. The monoisotopic (exact) mass is 440 g/mol. The lowest BCUT2D eigenvalue weighted by atomic mass is 9.96. The molecule has 0 aliphatic carbocycles. The highest BCUT2D eigenvalue weighted by molar-refractivity contribution is 14.1. The highest BCUT2D eigenvalue weighted by Gasteiger charge is 2.21. The maximum Gasteiger partial charge on any atom is 0.336 e. The molecule has 3 aromatic rings. The second kappa shape index (κ2) is 6.39. The van der Waals surface area contributed by atoms with Crippen molar-refractivity contribution in [3.63, 3.8) is 0 Å². The number of carboxylic acids is 1. The maximum absolute atomic E-state index is 14.9. The number of hydrogen-bond acceptors (Lipinski definition) is 3. The molecular weight excluding hydrogens is 429 g/mol. The van der Waals surface area contributed by atoms with Crippen molar-refractivity contribution in [2.75, 3.05) is 0 Å². The summed E-state index contributed by atoms with van der Waals surface area (Å²) in [7, 11) is 0. The van der Waals surface area contributed by atoms with Gasteiger partial charge in [-0.15, -0.1) is 0 Å². The summed E-state index contributed by atoms with van der Waals surface area (Å²) in [6.07, 6.45) is 1.05. The van der Waals surface area contributed by atoms with E-state index in [1.165, 1.54) is 24.5 Å². The van der Waals surface area contributed by atoms with E-state index in [4.69, 9.17) is 0 Å². The molecule has 0 atom stereocenters. The topological polar surface area (TPSA) is 63.1 Å². The number of benzene rings is 2. The Morgan fingerprint density at radius 2 is 2.00 bits per heavy atom. The molecule has 0 amide bonds. The Morgan fingerprint density at radius 3 is 2.67 bits per heavy atom. The fourth-order valence-corrected chi connectivity index (χ4v) is 3.00. The molecule has 7 heteroatoms. The Kier molecular flexibility index (Phi) is 4.44. The molecular formula is C17H11F2IN2O2. The highest BCUT2D eigenvalue weighted by Crippen LogP contribution is 2.28. The highest BCUT2D eigenvalue weighted by atomic mass is 127. The minimum atomic E-state index is -1.28. The van der Waals surface area contributed by atoms with E-state index in [1.54, 1.807) is 13.0 Å². The van der Waals surface area contributed by atoms with Crippen LogP contribution in [0.4, 0.5) is 8.78 Å². The van der Waals surface area contributed by atoms with Gasteiger partial charge in [0.1, 0.15) is 17.7 Å². The Labute approximate surface area is 149 Å². The van der Waals surface area contributed by atoms with Gasteiger partial charge in [0.05, 0.1) is 5.56 Å². The summed E-state index contributed by atoms with van der Waals surface area (Å²) >= 11 is 1.97. The molecule has 0 bridgehead atoms. The number of halogens is 3.